The summed E-state index contributed by atoms with van der Waals surface area (Å²) in [6, 6.07) is 1.94. The molecule has 3 heterocycles. The zero-order valence-corrected chi connectivity index (χ0v) is 12.9. The van der Waals surface area contributed by atoms with Crippen LogP contribution in [0.1, 0.15) is 18.5 Å². The molecule has 1 aliphatic heterocycles. The number of amides is 1. The molecule has 0 spiro atoms. The van der Waals surface area contributed by atoms with Crippen LogP contribution < -0.4 is 4.90 Å². The van der Waals surface area contributed by atoms with Crippen LogP contribution in [0, 0.1) is 0 Å². The molecule has 118 valence electrons. The fourth-order valence-electron chi connectivity index (χ4n) is 2.66. The Labute approximate surface area is 128 Å². The second-order valence-electron chi connectivity index (χ2n) is 5.42. The number of methoxy groups -OCH3 is 1. The predicted molar refractivity (Wildman–Crippen MR) is 80.6 cm³/mol. The summed E-state index contributed by atoms with van der Waals surface area (Å²) in [5.74, 6) is 1.68. The Morgan fingerprint density at radius 3 is 3.05 bits per heavy atom. The number of hydrogen-bond donors (Lipinski definition) is 0. The zero-order chi connectivity index (χ0) is 15.5. The Balaban J connectivity index is 1.78. The molecule has 3 rings (SSSR count). The normalized spacial score (nSPS) is 15.0. The molecule has 0 radical (unpaired) electrons. The molecule has 0 bridgehead atoms. The van der Waals surface area contributed by atoms with Crippen LogP contribution in [-0.4, -0.2) is 64.2 Å². The highest BCUT2D eigenvalue weighted by atomic mass is 16.5. The van der Waals surface area contributed by atoms with Crippen molar-refractivity contribution in [2.75, 3.05) is 38.7 Å². The number of fused-ring (bicyclic) bond motifs is 1. The van der Waals surface area contributed by atoms with Crippen LogP contribution in [-0.2, 0) is 16.1 Å². The van der Waals surface area contributed by atoms with Crippen molar-refractivity contribution >= 4 is 17.5 Å². The summed E-state index contributed by atoms with van der Waals surface area (Å²) < 4.78 is 6.85. The van der Waals surface area contributed by atoms with Gasteiger partial charge in [0.2, 0.25) is 5.91 Å². The molecule has 0 N–H and O–H groups in total. The lowest BCUT2D eigenvalue weighted by Crippen LogP contribution is -2.34. The number of aromatic nitrogens is 4. The summed E-state index contributed by atoms with van der Waals surface area (Å²) in [7, 11) is 3.62. The number of anilines is 1. The molecule has 1 aliphatic rings. The second-order valence-corrected chi connectivity index (χ2v) is 5.42. The Morgan fingerprint density at radius 1 is 1.45 bits per heavy atom. The first kappa shape index (κ1) is 14.7. The number of rotatable bonds is 6. The molecule has 1 fully saturated rings. The quantitative estimate of drug-likeness (QED) is 0.765. The molecular formula is C14H20N6O2. The minimum absolute atomic E-state index is 0.245. The van der Waals surface area contributed by atoms with Crippen LogP contribution in [0.5, 0.6) is 0 Å². The van der Waals surface area contributed by atoms with Crippen molar-refractivity contribution in [2.45, 2.75) is 19.4 Å². The van der Waals surface area contributed by atoms with E-state index in [-0.39, 0.29) is 5.91 Å². The van der Waals surface area contributed by atoms with Gasteiger partial charge < -0.3 is 14.5 Å². The van der Waals surface area contributed by atoms with Gasteiger partial charge in [0.05, 0.1) is 12.3 Å². The van der Waals surface area contributed by atoms with Crippen LogP contribution >= 0.6 is 0 Å². The maximum Gasteiger partial charge on any atom is 0.254 e. The maximum absolute atomic E-state index is 11.7. The fourth-order valence-corrected chi connectivity index (χ4v) is 2.66. The molecule has 8 nitrogen and oxygen atoms in total. The van der Waals surface area contributed by atoms with Crippen LogP contribution in [0.2, 0.25) is 0 Å². The SMILES string of the molecule is COCc1cc(N(C)CCN2CCCC2=O)n2ncnc2n1. The van der Waals surface area contributed by atoms with E-state index in [2.05, 4.69) is 20.0 Å². The number of nitrogens with zero attached hydrogens (tertiary/aromatic N) is 6. The zero-order valence-electron chi connectivity index (χ0n) is 12.9. The lowest BCUT2D eigenvalue weighted by atomic mass is 10.3. The first-order valence-corrected chi connectivity index (χ1v) is 7.36. The van der Waals surface area contributed by atoms with E-state index >= 15 is 0 Å². The van der Waals surface area contributed by atoms with E-state index in [1.165, 1.54) is 6.33 Å². The highest BCUT2D eigenvalue weighted by Gasteiger charge is 2.20. The van der Waals surface area contributed by atoms with Gasteiger partial charge in [0.15, 0.2) is 0 Å². The van der Waals surface area contributed by atoms with E-state index in [1.54, 1.807) is 11.6 Å². The molecule has 0 aromatic carbocycles. The molecule has 0 atom stereocenters. The molecule has 8 heteroatoms. The largest absolute Gasteiger partial charge is 0.378 e. The summed E-state index contributed by atoms with van der Waals surface area (Å²) in [5.41, 5.74) is 0.807. The van der Waals surface area contributed by atoms with Gasteiger partial charge >= 0.3 is 0 Å². The van der Waals surface area contributed by atoms with E-state index in [0.717, 1.165) is 31.0 Å². The van der Waals surface area contributed by atoms with Gasteiger partial charge in [-0.2, -0.15) is 14.6 Å². The molecule has 0 aliphatic carbocycles. The highest BCUT2D eigenvalue weighted by Crippen LogP contribution is 2.16. The van der Waals surface area contributed by atoms with Crippen LogP contribution in [0.25, 0.3) is 5.78 Å². The summed E-state index contributed by atoms with van der Waals surface area (Å²) in [6.45, 7) is 2.73. The minimum Gasteiger partial charge on any atom is -0.378 e. The van der Waals surface area contributed by atoms with Crippen LogP contribution in [0.4, 0.5) is 5.82 Å². The van der Waals surface area contributed by atoms with E-state index < -0.39 is 0 Å². The van der Waals surface area contributed by atoms with Gasteiger partial charge in [-0.1, -0.05) is 0 Å². The van der Waals surface area contributed by atoms with Gasteiger partial charge in [0, 0.05) is 46.3 Å². The molecule has 1 saturated heterocycles. The Bertz CT molecular complexity index is 670. The standard InChI is InChI=1S/C14H20N6O2/c1-18(6-7-19-5-3-4-13(19)21)12-8-11(9-22-2)17-14-15-10-16-20(12)14/h8,10H,3-7,9H2,1-2H3. The third kappa shape index (κ3) is 2.87. The molecule has 22 heavy (non-hydrogen) atoms. The van der Waals surface area contributed by atoms with Gasteiger partial charge in [0.1, 0.15) is 12.1 Å². The smallest absolute Gasteiger partial charge is 0.254 e. The van der Waals surface area contributed by atoms with Crippen molar-refractivity contribution in [3.8, 4) is 0 Å². The van der Waals surface area contributed by atoms with Crippen molar-refractivity contribution in [1.82, 2.24) is 24.5 Å². The number of likely N-dealkylation sites (N-methyl/N-ethyl adjacent to an activating group) is 1. The molecule has 2 aromatic rings. The highest BCUT2D eigenvalue weighted by molar-refractivity contribution is 5.78. The topological polar surface area (TPSA) is 75.9 Å². The predicted octanol–water partition coefficient (Wildman–Crippen LogP) is 0.329. The Hall–Kier alpha value is -2.22. The van der Waals surface area contributed by atoms with E-state index in [0.29, 0.717) is 25.4 Å². The van der Waals surface area contributed by atoms with Gasteiger partial charge in [-0.25, -0.2) is 4.98 Å². The van der Waals surface area contributed by atoms with E-state index in [9.17, 15) is 4.79 Å². The lowest BCUT2D eigenvalue weighted by Gasteiger charge is -2.23. The average molecular weight is 304 g/mol. The van der Waals surface area contributed by atoms with E-state index in [1.807, 2.05) is 18.0 Å². The van der Waals surface area contributed by atoms with Gasteiger partial charge in [0.25, 0.3) is 5.78 Å². The summed E-state index contributed by atoms with van der Waals surface area (Å²) >= 11 is 0. The van der Waals surface area contributed by atoms with Crippen molar-refractivity contribution in [3.63, 3.8) is 0 Å². The van der Waals surface area contributed by atoms with Crippen molar-refractivity contribution < 1.29 is 9.53 Å². The van der Waals surface area contributed by atoms with E-state index in [4.69, 9.17) is 4.74 Å². The fraction of sp³-hybridized carbons (Fsp3) is 0.571. The number of carbonyl (C=O) groups excluding carboxylic acids is 1. The summed E-state index contributed by atoms with van der Waals surface area (Å²) in [4.78, 5) is 24.2. The lowest BCUT2D eigenvalue weighted by molar-refractivity contribution is -0.127. The Morgan fingerprint density at radius 2 is 2.32 bits per heavy atom. The molecular weight excluding hydrogens is 284 g/mol. The molecule has 0 unspecified atom stereocenters. The molecule has 1 amide bonds. The summed E-state index contributed by atoms with van der Waals surface area (Å²) in [5, 5.41) is 4.22. The van der Waals surface area contributed by atoms with Gasteiger partial charge in [-0.15, -0.1) is 0 Å². The van der Waals surface area contributed by atoms with Crippen molar-refractivity contribution in [2.24, 2.45) is 0 Å². The van der Waals surface area contributed by atoms with Crippen LogP contribution in [0.15, 0.2) is 12.4 Å². The third-order valence-corrected chi connectivity index (χ3v) is 3.85. The molecule has 2 aromatic heterocycles. The van der Waals surface area contributed by atoms with Crippen molar-refractivity contribution in [3.05, 3.63) is 18.1 Å². The third-order valence-electron chi connectivity index (χ3n) is 3.85. The number of carbonyl (C=O) groups is 1. The Kier molecular flexibility index (Phi) is 4.19. The van der Waals surface area contributed by atoms with Crippen molar-refractivity contribution in [1.29, 1.82) is 0 Å². The van der Waals surface area contributed by atoms with Crippen LogP contribution in [0.3, 0.4) is 0 Å². The average Bonchev–Trinajstić information content (AvgIpc) is 3.13. The first-order chi connectivity index (χ1) is 10.7. The number of hydrogen-bond acceptors (Lipinski definition) is 6. The monoisotopic (exact) mass is 304 g/mol. The number of likely N-dealkylation sites (tertiary alicyclic amines) is 1. The molecule has 0 saturated carbocycles. The van der Waals surface area contributed by atoms with Gasteiger partial charge in [-0.3, -0.25) is 4.79 Å². The second kappa shape index (κ2) is 6.27. The number of ether oxygens (including phenoxy) is 1. The van der Waals surface area contributed by atoms with Gasteiger partial charge in [-0.05, 0) is 6.42 Å². The summed E-state index contributed by atoms with van der Waals surface area (Å²) in [6.07, 6.45) is 3.12. The maximum atomic E-state index is 11.7. The minimum atomic E-state index is 0.245. The first-order valence-electron chi connectivity index (χ1n) is 7.36.